The van der Waals surface area contributed by atoms with Crippen LogP contribution in [-0.4, -0.2) is 7.05 Å². The molecule has 0 unspecified atom stereocenters. The van der Waals surface area contributed by atoms with Crippen LogP contribution in [0, 0.1) is 0 Å². The van der Waals surface area contributed by atoms with Gasteiger partial charge in [0.1, 0.15) is 0 Å². The molecule has 2 aromatic rings. The Bertz CT molecular complexity index is 599. The predicted octanol–water partition coefficient (Wildman–Crippen LogP) is 4.76. The predicted molar refractivity (Wildman–Crippen MR) is 90.3 cm³/mol. The van der Waals surface area contributed by atoms with Crippen LogP contribution in [0.3, 0.4) is 0 Å². The van der Waals surface area contributed by atoms with Gasteiger partial charge in [0.25, 0.3) is 0 Å². The van der Waals surface area contributed by atoms with Gasteiger partial charge in [0.05, 0.1) is 0 Å². The van der Waals surface area contributed by atoms with Gasteiger partial charge in [0.15, 0.2) is 0 Å². The summed E-state index contributed by atoms with van der Waals surface area (Å²) in [6.45, 7) is 2.79. The van der Waals surface area contributed by atoms with E-state index in [1.807, 2.05) is 25.1 Å². The molecule has 20 heavy (non-hydrogen) atoms. The molecular formula is C16H18BrClN2. The van der Waals surface area contributed by atoms with Gasteiger partial charge in [0.2, 0.25) is 0 Å². The molecule has 0 aliphatic carbocycles. The van der Waals surface area contributed by atoms with E-state index in [-0.39, 0.29) is 6.04 Å². The molecule has 2 nitrogen and oxygen atoms in total. The Morgan fingerprint density at radius 1 is 1.25 bits per heavy atom. The van der Waals surface area contributed by atoms with Crippen LogP contribution >= 0.6 is 27.5 Å². The summed E-state index contributed by atoms with van der Waals surface area (Å²) in [6, 6.07) is 14.2. The first-order valence-corrected chi connectivity index (χ1v) is 7.65. The second kappa shape index (κ2) is 6.61. The Kier molecular flexibility index (Phi) is 5.08. The molecule has 4 heteroatoms. The van der Waals surface area contributed by atoms with Crippen LogP contribution in [0.2, 0.25) is 5.02 Å². The molecule has 0 amide bonds. The Morgan fingerprint density at radius 2 is 2.00 bits per heavy atom. The summed E-state index contributed by atoms with van der Waals surface area (Å²) in [5.74, 6) is 0. The molecular weight excluding hydrogens is 336 g/mol. The molecule has 106 valence electrons. The second-order valence-corrected chi connectivity index (χ2v) is 6.27. The van der Waals surface area contributed by atoms with Crippen LogP contribution in [0.4, 0.5) is 5.69 Å². The first kappa shape index (κ1) is 15.4. The SMILES string of the molecule is C[C@@H](N)c1ccc(N(C)Cc2cccc(Cl)c2)cc1Br. The summed E-state index contributed by atoms with van der Waals surface area (Å²) in [7, 11) is 2.06. The molecule has 2 aromatic carbocycles. The zero-order chi connectivity index (χ0) is 14.7. The Hall–Kier alpha value is -1.03. The van der Waals surface area contributed by atoms with Crippen molar-refractivity contribution in [1.29, 1.82) is 0 Å². The van der Waals surface area contributed by atoms with Gasteiger partial charge in [-0.05, 0) is 42.3 Å². The van der Waals surface area contributed by atoms with E-state index in [0.717, 1.165) is 27.3 Å². The number of nitrogens with zero attached hydrogens (tertiary/aromatic N) is 1. The average Bonchev–Trinajstić information content (AvgIpc) is 2.38. The van der Waals surface area contributed by atoms with Crippen LogP contribution in [-0.2, 0) is 6.54 Å². The van der Waals surface area contributed by atoms with E-state index in [9.17, 15) is 0 Å². The van der Waals surface area contributed by atoms with Gasteiger partial charge in [-0.25, -0.2) is 0 Å². The molecule has 0 aromatic heterocycles. The summed E-state index contributed by atoms with van der Waals surface area (Å²) in [4.78, 5) is 2.18. The van der Waals surface area contributed by atoms with E-state index in [0.29, 0.717) is 0 Å². The smallest absolute Gasteiger partial charge is 0.0426 e. The standard InChI is InChI=1S/C16H18BrClN2/c1-11(19)15-7-6-14(9-16(15)17)20(2)10-12-4-3-5-13(18)8-12/h3-9,11H,10,19H2,1-2H3/t11-/m1/s1. The highest BCUT2D eigenvalue weighted by molar-refractivity contribution is 9.10. The van der Waals surface area contributed by atoms with Gasteiger partial charge < -0.3 is 10.6 Å². The lowest BCUT2D eigenvalue weighted by Gasteiger charge is -2.21. The van der Waals surface area contributed by atoms with E-state index in [1.54, 1.807) is 0 Å². The molecule has 0 aliphatic heterocycles. The monoisotopic (exact) mass is 352 g/mol. The fourth-order valence-corrected chi connectivity index (χ4v) is 3.06. The van der Waals surface area contributed by atoms with E-state index in [2.05, 4.69) is 52.1 Å². The highest BCUT2D eigenvalue weighted by Gasteiger charge is 2.08. The Balaban J connectivity index is 2.17. The first-order valence-electron chi connectivity index (χ1n) is 6.48. The van der Waals surface area contributed by atoms with Crippen molar-refractivity contribution in [2.24, 2.45) is 5.73 Å². The molecule has 2 rings (SSSR count). The summed E-state index contributed by atoms with van der Waals surface area (Å²) >= 11 is 9.60. The lowest BCUT2D eigenvalue weighted by Crippen LogP contribution is -2.16. The van der Waals surface area contributed by atoms with Gasteiger partial charge in [-0.3, -0.25) is 0 Å². The van der Waals surface area contributed by atoms with Crippen molar-refractivity contribution in [1.82, 2.24) is 0 Å². The lowest BCUT2D eigenvalue weighted by atomic mass is 10.1. The van der Waals surface area contributed by atoms with Gasteiger partial charge in [-0.1, -0.05) is 45.7 Å². The number of anilines is 1. The van der Waals surface area contributed by atoms with E-state index in [4.69, 9.17) is 17.3 Å². The van der Waals surface area contributed by atoms with E-state index < -0.39 is 0 Å². The Labute approximate surface area is 133 Å². The van der Waals surface area contributed by atoms with Crippen molar-refractivity contribution in [2.45, 2.75) is 19.5 Å². The minimum Gasteiger partial charge on any atom is -0.370 e. The number of nitrogens with two attached hydrogens (primary N) is 1. The van der Waals surface area contributed by atoms with Crippen LogP contribution in [0.5, 0.6) is 0 Å². The van der Waals surface area contributed by atoms with Crippen molar-refractivity contribution in [3.63, 3.8) is 0 Å². The number of rotatable bonds is 4. The molecule has 0 fully saturated rings. The van der Waals surface area contributed by atoms with Crippen molar-refractivity contribution in [3.05, 3.63) is 63.1 Å². The van der Waals surface area contributed by atoms with Crippen LogP contribution in [0.1, 0.15) is 24.1 Å². The van der Waals surface area contributed by atoms with Crippen molar-refractivity contribution in [3.8, 4) is 0 Å². The molecule has 0 saturated carbocycles. The normalized spacial score (nSPS) is 12.2. The summed E-state index contributed by atoms with van der Waals surface area (Å²) in [5.41, 5.74) is 9.37. The molecule has 0 bridgehead atoms. The highest BCUT2D eigenvalue weighted by atomic mass is 79.9. The van der Waals surface area contributed by atoms with Gasteiger partial charge in [-0.2, -0.15) is 0 Å². The molecule has 0 radical (unpaired) electrons. The summed E-state index contributed by atoms with van der Waals surface area (Å²) in [5, 5.41) is 0.768. The summed E-state index contributed by atoms with van der Waals surface area (Å²) in [6.07, 6.45) is 0. The van der Waals surface area contributed by atoms with Crippen molar-refractivity contribution in [2.75, 3.05) is 11.9 Å². The summed E-state index contributed by atoms with van der Waals surface area (Å²) < 4.78 is 1.04. The molecule has 0 heterocycles. The topological polar surface area (TPSA) is 29.3 Å². The number of halogens is 2. The van der Waals surface area contributed by atoms with Gasteiger partial charge in [0, 0.05) is 34.8 Å². The van der Waals surface area contributed by atoms with Crippen LogP contribution < -0.4 is 10.6 Å². The number of benzene rings is 2. The molecule has 0 saturated heterocycles. The largest absolute Gasteiger partial charge is 0.370 e. The highest BCUT2D eigenvalue weighted by Crippen LogP contribution is 2.27. The van der Waals surface area contributed by atoms with Gasteiger partial charge in [-0.15, -0.1) is 0 Å². The fourth-order valence-electron chi connectivity index (χ4n) is 2.12. The van der Waals surface area contributed by atoms with Crippen LogP contribution in [0.15, 0.2) is 46.9 Å². The zero-order valence-corrected chi connectivity index (χ0v) is 13.9. The van der Waals surface area contributed by atoms with Gasteiger partial charge >= 0.3 is 0 Å². The third-order valence-corrected chi connectivity index (χ3v) is 4.15. The second-order valence-electron chi connectivity index (χ2n) is 4.98. The minimum absolute atomic E-state index is 0.0247. The quantitative estimate of drug-likeness (QED) is 0.858. The average molecular weight is 354 g/mol. The molecule has 0 aliphatic rings. The number of hydrogen-bond donors (Lipinski definition) is 1. The van der Waals surface area contributed by atoms with Crippen LogP contribution in [0.25, 0.3) is 0 Å². The maximum Gasteiger partial charge on any atom is 0.0426 e. The fraction of sp³-hybridized carbons (Fsp3) is 0.250. The molecule has 0 spiro atoms. The first-order chi connectivity index (χ1) is 9.47. The van der Waals surface area contributed by atoms with Crippen molar-refractivity contribution < 1.29 is 0 Å². The minimum atomic E-state index is 0.0247. The van der Waals surface area contributed by atoms with E-state index >= 15 is 0 Å². The third kappa shape index (κ3) is 3.75. The lowest BCUT2D eigenvalue weighted by molar-refractivity contribution is 0.812. The number of hydrogen-bond acceptors (Lipinski definition) is 2. The third-order valence-electron chi connectivity index (χ3n) is 3.22. The zero-order valence-electron chi connectivity index (χ0n) is 11.6. The Morgan fingerprint density at radius 3 is 2.60 bits per heavy atom. The van der Waals surface area contributed by atoms with E-state index in [1.165, 1.54) is 5.56 Å². The maximum atomic E-state index is 6.02. The van der Waals surface area contributed by atoms with Crippen molar-refractivity contribution >= 4 is 33.2 Å². The molecule has 2 N–H and O–H groups in total. The molecule has 1 atom stereocenters. The maximum absolute atomic E-state index is 6.02.